The van der Waals surface area contributed by atoms with Crippen molar-refractivity contribution in [2.24, 2.45) is 0 Å². The Bertz CT molecular complexity index is 828. The van der Waals surface area contributed by atoms with Gasteiger partial charge in [0.1, 0.15) is 5.50 Å². The van der Waals surface area contributed by atoms with Gasteiger partial charge in [-0.1, -0.05) is 6.08 Å². The molecule has 0 aromatic heterocycles. The summed E-state index contributed by atoms with van der Waals surface area (Å²) in [6, 6.07) is -0.281. The smallest absolute Gasteiger partial charge is 0.328 e. The van der Waals surface area contributed by atoms with Crippen molar-refractivity contribution in [3.63, 3.8) is 0 Å². The van der Waals surface area contributed by atoms with E-state index in [0.29, 0.717) is 25.8 Å². The average Bonchev–Trinajstić information content (AvgIpc) is 3.09. The lowest BCUT2D eigenvalue weighted by atomic mass is 9.90. The molecule has 4 fully saturated rings. The molecule has 4 aliphatic rings. The molecular weight excluding hydrogens is 416 g/mol. The summed E-state index contributed by atoms with van der Waals surface area (Å²) in [6.45, 7) is 2.49. The van der Waals surface area contributed by atoms with Crippen LogP contribution >= 0.6 is 11.8 Å². The second kappa shape index (κ2) is 7.44. The van der Waals surface area contributed by atoms with E-state index in [1.54, 1.807) is 22.9 Å². The summed E-state index contributed by atoms with van der Waals surface area (Å²) < 4.78 is 28.7. The highest BCUT2D eigenvalue weighted by Crippen LogP contribution is 2.41. The van der Waals surface area contributed by atoms with Gasteiger partial charge in [0.25, 0.3) is 0 Å². The molecule has 2 saturated carbocycles. The maximum absolute atomic E-state index is 12.9. The molecule has 9 nitrogen and oxygen atoms in total. The number of sulfonamides is 1. The first-order valence-electron chi connectivity index (χ1n) is 9.97. The number of likely N-dealkylation sites (N-methyl/N-ethyl adjacent to an activating group) is 1. The predicted molar refractivity (Wildman–Crippen MR) is 110 cm³/mol. The number of nitrogens with zero attached hydrogens (tertiary/aromatic N) is 2. The summed E-state index contributed by atoms with van der Waals surface area (Å²) in [5, 5.41) is 11.6. The van der Waals surface area contributed by atoms with Gasteiger partial charge in [0.05, 0.1) is 17.3 Å². The maximum Gasteiger partial charge on any atom is 0.328 e. The van der Waals surface area contributed by atoms with Crippen molar-refractivity contribution in [1.82, 2.24) is 19.8 Å². The largest absolute Gasteiger partial charge is 0.478 e. The molecule has 2 heterocycles. The van der Waals surface area contributed by atoms with Crippen LogP contribution in [0.15, 0.2) is 12.2 Å². The molecule has 3 N–H and O–H groups in total. The zero-order valence-corrected chi connectivity index (χ0v) is 18.2. The molecular formula is C18H28N4O5S2. The van der Waals surface area contributed by atoms with Crippen molar-refractivity contribution in [2.75, 3.05) is 13.6 Å². The van der Waals surface area contributed by atoms with Gasteiger partial charge in [-0.05, 0) is 39.0 Å². The third-order valence-electron chi connectivity index (χ3n) is 6.44. The van der Waals surface area contributed by atoms with Crippen molar-refractivity contribution in [3.05, 3.63) is 12.2 Å². The van der Waals surface area contributed by atoms with Crippen molar-refractivity contribution in [3.8, 4) is 0 Å². The van der Waals surface area contributed by atoms with Crippen LogP contribution in [-0.2, 0) is 14.8 Å². The molecule has 5 unspecified atom stereocenters. The van der Waals surface area contributed by atoms with E-state index in [0.717, 1.165) is 18.9 Å². The Morgan fingerprint density at radius 2 is 2.07 bits per heavy atom. The molecule has 2 aliphatic carbocycles. The number of fused-ring (bicyclic) bond motifs is 1. The van der Waals surface area contributed by atoms with E-state index in [-0.39, 0.29) is 34.4 Å². The van der Waals surface area contributed by atoms with E-state index in [1.807, 2.05) is 6.92 Å². The van der Waals surface area contributed by atoms with Gasteiger partial charge in [-0.2, -0.15) is 0 Å². The molecule has 2 saturated heterocycles. The van der Waals surface area contributed by atoms with Crippen LogP contribution in [0.4, 0.5) is 4.79 Å². The average molecular weight is 445 g/mol. The molecule has 11 heteroatoms. The minimum atomic E-state index is -3.44. The predicted octanol–water partition coefficient (Wildman–Crippen LogP) is 0.745. The monoisotopic (exact) mass is 444 g/mol. The van der Waals surface area contributed by atoms with Gasteiger partial charge in [0.15, 0.2) is 0 Å². The van der Waals surface area contributed by atoms with Crippen molar-refractivity contribution >= 4 is 33.8 Å². The van der Waals surface area contributed by atoms with Gasteiger partial charge in [-0.15, -0.1) is 11.8 Å². The normalized spacial score (nSPS) is 36.6. The molecule has 0 bridgehead atoms. The number of carboxylic acid groups (broad SMARTS) is 1. The number of aliphatic carboxylic acids is 1. The molecule has 0 spiro atoms. The van der Waals surface area contributed by atoms with E-state index < -0.39 is 21.2 Å². The summed E-state index contributed by atoms with van der Waals surface area (Å²) >= 11 is 1.49. The van der Waals surface area contributed by atoms with Crippen molar-refractivity contribution in [2.45, 2.75) is 72.6 Å². The third-order valence-corrected chi connectivity index (χ3v) is 9.85. The van der Waals surface area contributed by atoms with Crippen molar-refractivity contribution in [1.29, 1.82) is 0 Å². The Kier molecular flexibility index (Phi) is 5.37. The van der Waals surface area contributed by atoms with Gasteiger partial charge >= 0.3 is 12.0 Å². The van der Waals surface area contributed by atoms with Gasteiger partial charge in [-0.25, -0.2) is 22.7 Å². The van der Waals surface area contributed by atoms with E-state index in [4.69, 9.17) is 5.11 Å². The SMILES string of the molecule is CN1C(=O)N(C2NCC(/C=C/C(=O)O)S2)C2CC(S(=O)(=O)NC3(C)CC3)CCC21. The summed E-state index contributed by atoms with van der Waals surface area (Å²) in [4.78, 5) is 27.2. The van der Waals surface area contributed by atoms with Gasteiger partial charge < -0.3 is 10.0 Å². The number of hydrogen-bond acceptors (Lipinski definition) is 6. The number of nitrogens with one attached hydrogen (secondary N) is 2. The number of rotatable bonds is 6. The third kappa shape index (κ3) is 4.14. The lowest BCUT2D eigenvalue weighted by Crippen LogP contribution is -2.52. The summed E-state index contributed by atoms with van der Waals surface area (Å²) in [7, 11) is -1.66. The fourth-order valence-corrected chi connectivity index (χ4v) is 7.75. The Morgan fingerprint density at radius 3 is 2.72 bits per heavy atom. The van der Waals surface area contributed by atoms with Crippen LogP contribution in [0.5, 0.6) is 0 Å². The van der Waals surface area contributed by atoms with Crippen LogP contribution in [0.2, 0.25) is 0 Å². The van der Waals surface area contributed by atoms with Crippen LogP contribution in [0.3, 0.4) is 0 Å². The first-order valence-corrected chi connectivity index (χ1v) is 12.5. The van der Waals surface area contributed by atoms with Gasteiger partial charge in [0.2, 0.25) is 10.0 Å². The lowest BCUT2D eigenvalue weighted by molar-refractivity contribution is -0.131. The number of hydrogen-bond donors (Lipinski definition) is 3. The van der Waals surface area contributed by atoms with E-state index in [9.17, 15) is 18.0 Å². The van der Waals surface area contributed by atoms with Crippen LogP contribution in [-0.4, -0.2) is 82.5 Å². The number of amides is 2. The molecule has 4 rings (SSSR count). The fraction of sp³-hybridized carbons (Fsp3) is 0.778. The van der Waals surface area contributed by atoms with E-state index in [1.165, 1.54) is 11.8 Å². The Balaban J connectivity index is 1.48. The van der Waals surface area contributed by atoms with Crippen LogP contribution in [0.1, 0.15) is 39.0 Å². The van der Waals surface area contributed by atoms with Crippen molar-refractivity contribution < 1.29 is 23.1 Å². The lowest BCUT2D eigenvalue weighted by Gasteiger charge is -2.37. The molecule has 29 heavy (non-hydrogen) atoms. The zero-order chi connectivity index (χ0) is 21.0. The first kappa shape index (κ1) is 21.0. The highest BCUT2D eigenvalue weighted by atomic mass is 32.2. The number of carbonyl (C=O) groups excluding carboxylic acids is 1. The van der Waals surface area contributed by atoms with E-state index >= 15 is 0 Å². The number of thioether (sulfide) groups is 1. The van der Waals surface area contributed by atoms with Crippen LogP contribution in [0.25, 0.3) is 0 Å². The molecule has 0 radical (unpaired) electrons. The second-order valence-electron chi connectivity index (χ2n) is 8.71. The highest BCUT2D eigenvalue weighted by Gasteiger charge is 2.53. The summed E-state index contributed by atoms with van der Waals surface area (Å²) in [5.41, 5.74) is -0.594. The van der Waals surface area contributed by atoms with Gasteiger partial charge in [0, 0.05) is 30.5 Å². The standard InChI is InChI=1S/C18H28N4O5S2/c1-18(7-8-18)20-29(26,27)12-4-5-13-14(9-12)22(17(25)21(13)2)16-19-10-11(28-16)3-6-15(23)24/h3,6,11-14,16,19-20H,4-5,7-10H2,1-2H3,(H,23,24)/b6-3+. The summed E-state index contributed by atoms with van der Waals surface area (Å²) in [6.07, 6.45) is 6.10. The second-order valence-corrected chi connectivity index (χ2v) is 12.0. The van der Waals surface area contributed by atoms with Crippen LogP contribution < -0.4 is 10.0 Å². The van der Waals surface area contributed by atoms with Crippen LogP contribution in [0, 0.1) is 0 Å². The number of carboxylic acids is 1. The molecule has 2 aliphatic heterocycles. The minimum absolute atomic E-state index is 0.00136. The molecule has 5 atom stereocenters. The number of carbonyl (C=O) groups is 2. The molecule has 0 aromatic rings. The quantitative estimate of drug-likeness (QED) is 0.517. The fourth-order valence-electron chi connectivity index (χ4n) is 4.53. The summed E-state index contributed by atoms with van der Waals surface area (Å²) in [5.74, 6) is -0.997. The Labute approximate surface area is 175 Å². The molecule has 2 amide bonds. The Morgan fingerprint density at radius 1 is 1.34 bits per heavy atom. The van der Waals surface area contributed by atoms with E-state index in [2.05, 4.69) is 10.0 Å². The molecule has 162 valence electrons. The molecule has 0 aromatic carbocycles. The van der Waals surface area contributed by atoms with Gasteiger partial charge in [-0.3, -0.25) is 10.2 Å². The Hall–Kier alpha value is -1.30. The highest BCUT2D eigenvalue weighted by molar-refractivity contribution is 8.00. The maximum atomic E-state index is 12.9. The minimum Gasteiger partial charge on any atom is -0.478 e. The zero-order valence-electron chi connectivity index (χ0n) is 16.6. The number of urea groups is 1. The topological polar surface area (TPSA) is 119 Å². The first-order chi connectivity index (χ1) is 13.6.